The number of hydrogen-bond acceptors (Lipinski definition) is 5. The molecule has 0 radical (unpaired) electrons. The van der Waals surface area contributed by atoms with E-state index < -0.39 is 0 Å². The lowest BCUT2D eigenvalue weighted by Gasteiger charge is -2.33. The Morgan fingerprint density at radius 3 is 2.59 bits per heavy atom. The maximum absolute atomic E-state index is 12.3. The van der Waals surface area contributed by atoms with E-state index in [1.807, 2.05) is 6.07 Å². The quantitative estimate of drug-likeness (QED) is 0.829. The van der Waals surface area contributed by atoms with Crippen LogP contribution < -0.4 is 5.32 Å². The smallest absolute Gasteiger partial charge is 0.234 e. The van der Waals surface area contributed by atoms with E-state index in [-0.39, 0.29) is 5.91 Å². The van der Waals surface area contributed by atoms with Crippen LogP contribution in [0.5, 0.6) is 0 Å². The van der Waals surface area contributed by atoms with Crippen LogP contribution in [0.15, 0.2) is 24.3 Å². The van der Waals surface area contributed by atoms with Crippen molar-refractivity contribution in [1.29, 1.82) is 0 Å². The van der Waals surface area contributed by atoms with Crippen LogP contribution in [-0.2, 0) is 11.3 Å². The van der Waals surface area contributed by atoms with Gasteiger partial charge in [-0.1, -0.05) is 31.4 Å². The Morgan fingerprint density at radius 2 is 1.81 bits per heavy atom. The van der Waals surface area contributed by atoms with Crippen molar-refractivity contribution in [3.05, 3.63) is 29.3 Å². The molecule has 1 saturated carbocycles. The number of carbonyl (C=O) groups excluding carboxylic acids is 1. The number of nitrogens with one attached hydrogen (secondary N) is 1. The molecule has 1 amide bonds. The molecule has 1 aromatic heterocycles. The van der Waals surface area contributed by atoms with Crippen molar-refractivity contribution in [2.45, 2.75) is 38.6 Å². The fourth-order valence-corrected chi connectivity index (χ4v) is 5.20. The minimum absolute atomic E-state index is 0.195. The molecule has 4 rings (SSSR count). The van der Waals surface area contributed by atoms with Crippen LogP contribution in [-0.4, -0.2) is 60.0 Å². The first kappa shape index (κ1) is 18.8. The highest BCUT2D eigenvalue weighted by Gasteiger charge is 2.21. The van der Waals surface area contributed by atoms with E-state index in [2.05, 4.69) is 33.3 Å². The second-order valence-electron chi connectivity index (χ2n) is 7.94. The van der Waals surface area contributed by atoms with E-state index in [1.54, 1.807) is 11.3 Å². The third-order valence-corrected chi connectivity index (χ3v) is 6.86. The second kappa shape index (κ2) is 9.13. The first-order valence-electron chi connectivity index (χ1n) is 10.3. The predicted molar refractivity (Wildman–Crippen MR) is 111 cm³/mol. The molecule has 2 heterocycles. The maximum Gasteiger partial charge on any atom is 0.234 e. The second-order valence-corrected chi connectivity index (χ2v) is 9.05. The lowest BCUT2D eigenvalue weighted by molar-refractivity contribution is -0.122. The molecular formula is C21H30N4OS. The van der Waals surface area contributed by atoms with Crippen LogP contribution in [0.3, 0.4) is 0 Å². The molecule has 27 heavy (non-hydrogen) atoms. The summed E-state index contributed by atoms with van der Waals surface area (Å²) in [5.74, 6) is 0.897. The number of para-hydroxylation sites is 1. The number of nitrogens with zero attached hydrogens (tertiary/aromatic N) is 3. The molecule has 146 valence electrons. The van der Waals surface area contributed by atoms with Gasteiger partial charge in [0, 0.05) is 32.7 Å². The van der Waals surface area contributed by atoms with Gasteiger partial charge in [0.2, 0.25) is 5.91 Å². The largest absolute Gasteiger partial charge is 0.355 e. The van der Waals surface area contributed by atoms with Crippen LogP contribution in [0.4, 0.5) is 0 Å². The zero-order valence-electron chi connectivity index (χ0n) is 16.0. The number of carbonyl (C=O) groups is 1. The van der Waals surface area contributed by atoms with Gasteiger partial charge in [-0.05, 0) is 30.9 Å². The Hall–Kier alpha value is -1.50. The summed E-state index contributed by atoms with van der Waals surface area (Å²) in [6, 6.07) is 8.34. The van der Waals surface area contributed by atoms with E-state index in [0.717, 1.165) is 44.8 Å². The van der Waals surface area contributed by atoms with E-state index >= 15 is 0 Å². The molecule has 1 aliphatic carbocycles. The third kappa shape index (κ3) is 5.27. The molecule has 0 atom stereocenters. The van der Waals surface area contributed by atoms with Crippen molar-refractivity contribution >= 4 is 27.5 Å². The van der Waals surface area contributed by atoms with E-state index in [1.165, 1.54) is 41.8 Å². The van der Waals surface area contributed by atoms with Gasteiger partial charge in [-0.2, -0.15) is 0 Å². The topological polar surface area (TPSA) is 48.5 Å². The number of amides is 1. The van der Waals surface area contributed by atoms with E-state index in [4.69, 9.17) is 4.98 Å². The van der Waals surface area contributed by atoms with Gasteiger partial charge in [0.15, 0.2) is 0 Å². The van der Waals surface area contributed by atoms with Gasteiger partial charge in [0.25, 0.3) is 0 Å². The number of aromatic nitrogens is 1. The average Bonchev–Trinajstić information content (AvgIpc) is 3.11. The third-order valence-electron chi connectivity index (χ3n) is 5.84. The zero-order chi connectivity index (χ0) is 18.5. The predicted octanol–water partition coefficient (Wildman–Crippen LogP) is 3.11. The van der Waals surface area contributed by atoms with Crippen LogP contribution in [0.1, 0.15) is 37.1 Å². The standard InChI is InChI=1S/C21H30N4OS/c26-20(22-14-17-6-2-1-3-7-17)15-24-10-12-25(13-11-24)16-21-23-18-8-4-5-9-19(18)27-21/h4-5,8-9,17H,1-3,6-7,10-16H2,(H,22,26). The zero-order valence-corrected chi connectivity index (χ0v) is 16.8. The molecule has 1 aliphatic heterocycles. The summed E-state index contributed by atoms with van der Waals surface area (Å²) in [6.07, 6.45) is 6.59. The number of benzene rings is 1. The highest BCUT2D eigenvalue weighted by Crippen LogP contribution is 2.23. The molecule has 0 unspecified atom stereocenters. The van der Waals surface area contributed by atoms with Gasteiger partial charge in [0.05, 0.1) is 23.3 Å². The highest BCUT2D eigenvalue weighted by molar-refractivity contribution is 7.18. The molecule has 1 N–H and O–H groups in total. The van der Waals surface area contributed by atoms with Crippen molar-refractivity contribution in [3.8, 4) is 0 Å². The summed E-state index contributed by atoms with van der Waals surface area (Å²) in [4.78, 5) is 21.7. The van der Waals surface area contributed by atoms with Crippen molar-refractivity contribution in [2.75, 3.05) is 39.3 Å². The van der Waals surface area contributed by atoms with Crippen LogP contribution in [0.25, 0.3) is 10.2 Å². The molecule has 5 nitrogen and oxygen atoms in total. The summed E-state index contributed by atoms with van der Waals surface area (Å²) in [5, 5.41) is 4.35. The molecule has 0 bridgehead atoms. The number of fused-ring (bicyclic) bond motifs is 1. The van der Waals surface area contributed by atoms with Gasteiger partial charge in [-0.15, -0.1) is 11.3 Å². The summed E-state index contributed by atoms with van der Waals surface area (Å²) in [6.45, 7) is 6.26. The Balaban J connectivity index is 1.17. The SMILES string of the molecule is O=C(CN1CCN(Cc2nc3ccccc3s2)CC1)NCC1CCCCC1. The Morgan fingerprint density at radius 1 is 1.07 bits per heavy atom. The molecule has 6 heteroatoms. The van der Waals surface area contributed by atoms with Gasteiger partial charge < -0.3 is 5.32 Å². The first-order chi connectivity index (χ1) is 13.3. The van der Waals surface area contributed by atoms with Crippen molar-refractivity contribution in [1.82, 2.24) is 20.1 Å². The van der Waals surface area contributed by atoms with Crippen LogP contribution in [0, 0.1) is 5.92 Å². The Kier molecular flexibility index (Phi) is 6.37. The van der Waals surface area contributed by atoms with Crippen molar-refractivity contribution in [3.63, 3.8) is 0 Å². The van der Waals surface area contributed by atoms with E-state index in [0.29, 0.717) is 12.5 Å². The highest BCUT2D eigenvalue weighted by atomic mass is 32.1. The van der Waals surface area contributed by atoms with Gasteiger partial charge in [-0.3, -0.25) is 14.6 Å². The number of hydrogen-bond donors (Lipinski definition) is 1. The molecule has 2 aromatic rings. The summed E-state index contributed by atoms with van der Waals surface area (Å²) in [7, 11) is 0. The minimum atomic E-state index is 0.195. The van der Waals surface area contributed by atoms with E-state index in [9.17, 15) is 4.79 Å². The fraction of sp³-hybridized carbons (Fsp3) is 0.619. The molecular weight excluding hydrogens is 356 g/mol. The molecule has 0 spiro atoms. The average molecular weight is 387 g/mol. The minimum Gasteiger partial charge on any atom is -0.355 e. The van der Waals surface area contributed by atoms with Crippen LogP contribution in [0.2, 0.25) is 0 Å². The lowest BCUT2D eigenvalue weighted by Crippen LogP contribution is -2.49. The number of rotatable bonds is 6. The van der Waals surface area contributed by atoms with Gasteiger partial charge in [0.1, 0.15) is 5.01 Å². The lowest BCUT2D eigenvalue weighted by atomic mass is 9.89. The normalized spacial score (nSPS) is 20.1. The van der Waals surface area contributed by atoms with Crippen molar-refractivity contribution in [2.24, 2.45) is 5.92 Å². The molecule has 2 aliphatic rings. The van der Waals surface area contributed by atoms with Gasteiger partial charge in [-0.25, -0.2) is 4.98 Å². The molecule has 1 aromatic carbocycles. The summed E-state index contributed by atoms with van der Waals surface area (Å²) >= 11 is 1.79. The fourth-order valence-electron chi connectivity index (χ4n) is 4.19. The number of thiazole rings is 1. The van der Waals surface area contributed by atoms with Gasteiger partial charge >= 0.3 is 0 Å². The Labute approximate surface area is 165 Å². The first-order valence-corrected chi connectivity index (χ1v) is 11.1. The van der Waals surface area contributed by atoms with Crippen molar-refractivity contribution < 1.29 is 4.79 Å². The number of piperazine rings is 1. The van der Waals surface area contributed by atoms with Crippen LogP contribution >= 0.6 is 11.3 Å². The molecule has 1 saturated heterocycles. The maximum atomic E-state index is 12.3. The Bertz CT molecular complexity index is 714. The molecule has 2 fully saturated rings. The summed E-state index contributed by atoms with van der Waals surface area (Å²) < 4.78 is 1.26. The monoisotopic (exact) mass is 386 g/mol. The summed E-state index contributed by atoms with van der Waals surface area (Å²) in [5.41, 5.74) is 1.10.